The minimum Gasteiger partial charge on any atom is -0.507 e. The molecule has 0 saturated carbocycles. The topological polar surface area (TPSA) is 85.3 Å². The number of likely N-dealkylation sites (tertiary alicyclic amines) is 1. The number of carbonyl (C=O) groups is 2. The lowest BCUT2D eigenvalue weighted by molar-refractivity contribution is -0.140. The Morgan fingerprint density at radius 3 is 2.35 bits per heavy atom. The molecule has 3 aromatic carbocycles. The van der Waals surface area contributed by atoms with E-state index < -0.39 is 23.5 Å². The Labute approximate surface area is 224 Å². The molecule has 192 valence electrons. The molecule has 0 radical (unpaired) electrons. The number of hydrogen-bond acceptors (Lipinski definition) is 6. The van der Waals surface area contributed by atoms with Crippen LogP contribution in [-0.2, 0) is 20.9 Å². The van der Waals surface area contributed by atoms with Gasteiger partial charge in [0.05, 0.1) is 35.9 Å². The summed E-state index contributed by atoms with van der Waals surface area (Å²) in [5.74, 6) is -1.27. The van der Waals surface area contributed by atoms with Crippen LogP contribution in [0, 0.1) is 0 Å². The van der Waals surface area contributed by atoms with E-state index >= 15 is 0 Å². The zero-order chi connectivity index (χ0) is 26.5. The summed E-state index contributed by atoms with van der Waals surface area (Å²) in [7, 11) is 2.89. The highest BCUT2D eigenvalue weighted by Gasteiger charge is 2.46. The maximum absolute atomic E-state index is 13.2. The van der Waals surface area contributed by atoms with Crippen molar-refractivity contribution >= 4 is 40.7 Å². The predicted molar refractivity (Wildman–Crippen MR) is 141 cm³/mol. The molecule has 7 nitrogen and oxygen atoms in total. The molecule has 1 unspecified atom stereocenters. The van der Waals surface area contributed by atoms with Crippen molar-refractivity contribution in [2.45, 2.75) is 12.6 Å². The SMILES string of the molecule is COCCN1C(=O)C(=O)/C(=C(/O)c2cc(Cl)cc(Cl)c2OC)C1c1ccc(OCc2ccccc2)cc1. The summed E-state index contributed by atoms with van der Waals surface area (Å²) in [6.07, 6.45) is 0. The molecule has 1 heterocycles. The van der Waals surface area contributed by atoms with Crippen molar-refractivity contribution in [1.29, 1.82) is 0 Å². The van der Waals surface area contributed by atoms with Crippen LogP contribution in [0.25, 0.3) is 5.76 Å². The van der Waals surface area contributed by atoms with Crippen molar-refractivity contribution in [1.82, 2.24) is 4.90 Å². The van der Waals surface area contributed by atoms with Crippen molar-refractivity contribution in [2.24, 2.45) is 0 Å². The van der Waals surface area contributed by atoms with E-state index in [0.717, 1.165) is 5.56 Å². The Bertz CT molecular complexity index is 1320. The summed E-state index contributed by atoms with van der Waals surface area (Å²) in [4.78, 5) is 27.6. The first-order chi connectivity index (χ1) is 17.8. The number of methoxy groups -OCH3 is 2. The van der Waals surface area contributed by atoms with E-state index in [0.29, 0.717) is 17.9 Å². The Morgan fingerprint density at radius 1 is 1.00 bits per heavy atom. The van der Waals surface area contributed by atoms with Crippen LogP contribution in [0.4, 0.5) is 0 Å². The van der Waals surface area contributed by atoms with Gasteiger partial charge in [-0.05, 0) is 35.4 Å². The van der Waals surface area contributed by atoms with Gasteiger partial charge >= 0.3 is 0 Å². The molecule has 0 aliphatic carbocycles. The van der Waals surface area contributed by atoms with Gasteiger partial charge in [-0.2, -0.15) is 0 Å². The number of ether oxygens (including phenoxy) is 3. The lowest BCUT2D eigenvalue weighted by Crippen LogP contribution is -2.32. The molecular weight excluding hydrogens is 517 g/mol. The Morgan fingerprint density at radius 2 is 1.70 bits per heavy atom. The quantitative estimate of drug-likeness (QED) is 0.214. The number of nitrogens with zero attached hydrogens (tertiary/aromatic N) is 1. The van der Waals surface area contributed by atoms with Gasteiger partial charge < -0.3 is 24.2 Å². The van der Waals surface area contributed by atoms with Crippen LogP contribution >= 0.6 is 23.2 Å². The minimum atomic E-state index is -0.874. The van der Waals surface area contributed by atoms with Crippen LogP contribution in [0.15, 0.2) is 72.3 Å². The van der Waals surface area contributed by atoms with E-state index in [-0.39, 0.29) is 40.1 Å². The number of halogens is 2. The van der Waals surface area contributed by atoms with Crippen molar-refractivity contribution < 1.29 is 28.9 Å². The number of ketones is 1. The average molecular weight is 542 g/mol. The highest BCUT2D eigenvalue weighted by atomic mass is 35.5. The molecule has 9 heteroatoms. The standard InChI is InChI=1S/C28H25Cl2NO6/c1-35-13-12-31-24(18-8-10-20(11-9-18)37-16-17-6-4-3-5-7-17)23(26(33)28(31)34)25(32)21-14-19(29)15-22(30)27(21)36-2/h3-11,14-15,24,32H,12-13,16H2,1-2H3/b25-23+. The molecule has 0 bridgehead atoms. The Hall–Kier alpha value is -3.52. The summed E-state index contributed by atoms with van der Waals surface area (Å²) >= 11 is 12.4. The molecule has 1 saturated heterocycles. The normalized spacial score (nSPS) is 16.8. The number of carbonyl (C=O) groups excluding carboxylic acids is 2. The van der Waals surface area contributed by atoms with Crippen LogP contribution < -0.4 is 9.47 Å². The summed E-state index contributed by atoms with van der Waals surface area (Å²) in [6.45, 7) is 0.734. The number of hydrogen-bond donors (Lipinski definition) is 1. The van der Waals surface area contributed by atoms with E-state index in [4.69, 9.17) is 37.4 Å². The molecule has 1 aliphatic rings. The van der Waals surface area contributed by atoms with Gasteiger partial charge in [-0.3, -0.25) is 9.59 Å². The van der Waals surface area contributed by atoms with Gasteiger partial charge in [0.1, 0.15) is 23.9 Å². The Balaban J connectivity index is 1.75. The molecule has 0 spiro atoms. The van der Waals surface area contributed by atoms with E-state index in [1.54, 1.807) is 24.3 Å². The lowest BCUT2D eigenvalue weighted by Gasteiger charge is -2.25. The molecule has 1 atom stereocenters. The predicted octanol–water partition coefficient (Wildman–Crippen LogP) is 5.65. The average Bonchev–Trinajstić information content (AvgIpc) is 3.15. The lowest BCUT2D eigenvalue weighted by atomic mass is 9.95. The van der Waals surface area contributed by atoms with Crippen LogP contribution in [0.5, 0.6) is 11.5 Å². The maximum atomic E-state index is 13.2. The Kier molecular flexibility index (Phi) is 8.38. The van der Waals surface area contributed by atoms with Crippen molar-refractivity contribution in [2.75, 3.05) is 27.4 Å². The third-order valence-electron chi connectivity index (χ3n) is 5.99. The number of Topliss-reactive ketones (excluding diaryl/α,β-unsaturated/α-hetero) is 1. The van der Waals surface area contributed by atoms with Gasteiger partial charge in [-0.1, -0.05) is 65.7 Å². The van der Waals surface area contributed by atoms with Crippen LogP contribution in [0.2, 0.25) is 10.0 Å². The third-order valence-corrected chi connectivity index (χ3v) is 6.49. The zero-order valence-electron chi connectivity index (χ0n) is 20.2. The van der Waals surface area contributed by atoms with Crippen LogP contribution in [-0.4, -0.2) is 49.1 Å². The fraction of sp³-hybridized carbons (Fsp3) is 0.214. The van der Waals surface area contributed by atoms with Crippen molar-refractivity contribution in [3.05, 3.63) is 99.0 Å². The van der Waals surface area contributed by atoms with Gasteiger partial charge in [-0.15, -0.1) is 0 Å². The molecule has 1 aliphatic heterocycles. The molecule has 1 N–H and O–H groups in total. The molecule has 1 amide bonds. The number of aliphatic hydroxyl groups is 1. The molecule has 1 fully saturated rings. The highest BCUT2D eigenvalue weighted by Crippen LogP contribution is 2.43. The van der Waals surface area contributed by atoms with Crippen molar-refractivity contribution in [3.63, 3.8) is 0 Å². The third kappa shape index (κ3) is 5.59. The van der Waals surface area contributed by atoms with Crippen molar-refractivity contribution in [3.8, 4) is 11.5 Å². The number of rotatable bonds is 9. The van der Waals surface area contributed by atoms with Crippen LogP contribution in [0.3, 0.4) is 0 Å². The van der Waals surface area contributed by atoms with E-state index in [1.165, 1.54) is 31.3 Å². The number of aliphatic hydroxyl groups excluding tert-OH is 1. The molecule has 3 aromatic rings. The van der Waals surface area contributed by atoms with Gasteiger partial charge in [0, 0.05) is 18.7 Å². The van der Waals surface area contributed by atoms with E-state index in [2.05, 4.69) is 0 Å². The largest absolute Gasteiger partial charge is 0.507 e. The molecule has 0 aromatic heterocycles. The molecule has 37 heavy (non-hydrogen) atoms. The van der Waals surface area contributed by atoms with Gasteiger partial charge in [-0.25, -0.2) is 0 Å². The summed E-state index contributed by atoms with van der Waals surface area (Å²) in [5, 5.41) is 11.7. The van der Waals surface area contributed by atoms with E-state index in [9.17, 15) is 14.7 Å². The molecule has 4 rings (SSSR count). The smallest absolute Gasteiger partial charge is 0.295 e. The maximum Gasteiger partial charge on any atom is 0.295 e. The molecular formula is C28H25Cl2NO6. The summed E-state index contributed by atoms with van der Waals surface area (Å²) in [5.41, 5.74) is 1.64. The first-order valence-electron chi connectivity index (χ1n) is 11.4. The second-order valence-electron chi connectivity index (χ2n) is 8.30. The number of benzene rings is 3. The summed E-state index contributed by atoms with van der Waals surface area (Å²) in [6, 6.07) is 18.8. The van der Waals surface area contributed by atoms with Gasteiger partial charge in [0.2, 0.25) is 0 Å². The second-order valence-corrected chi connectivity index (χ2v) is 9.14. The first kappa shape index (κ1) is 26.5. The van der Waals surface area contributed by atoms with Crippen LogP contribution in [0.1, 0.15) is 22.7 Å². The van der Waals surface area contributed by atoms with E-state index in [1.807, 2.05) is 30.3 Å². The highest BCUT2D eigenvalue weighted by molar-refractivity contribution is 6.46. The minimum absolute atomic E-state index is 0.101. The zero-order valence-corrected chi connectivity index (χ0v) is 21.8. The number of amides is 1. The van der Waals surface area contributed by atoms with Gasteiger partial charge in [0.25, 0.3) is 11.7 Å². The van der Waals surface area contributed by atoms with Gasteiger partial charge in [0.15, 0.2) is 0 Å². The monoisotopic (exact) mass is 541 g/mol. The fourth-order valence-electron chi connectivity index (χ4n) is 4.22. The summed E-state index contributed by atoms with van der Waals surface area (Å²) < 4.78 is 16.4. The second kappa shape index (κ2) is 11.7. The first-order valence-corrected chi connectivity index (χ1v) is 12.2. The fourth-order valence-corrected chi connectivity index (χ4v) is 4.79.